The lowest BCUT2D eigenvalue weighted by Crippen LogP contribution is -2.45. The second-order valence-corrected chi connectivity index (χ2v) is 17.0. The van der Waals surface area contributed by atoms with Gasteiger partial charge in [0.15, 0.2) is 0 Å². The first kappa shape index (κ1) is 70.3. The smallest absolute Gasteiger partial charge is 0.317 e. The molecule has 2 heterocycles. The highest BCUT2D eigenvalue weighted by Gasteiger charge is 2.36. The van der Waals surface area contributed by atoms with E-state index in [1.54, 1.807) is 73.8 Å². The van der Waals surface area contributed by atoms with Crippen LogP contribution in [0.15, 0.2) is 109 Å². The third kappa shape index (κ3) is 19.1. The molecule has 414 valence electrons. The molecule has 0 aromatic heterocycles. The summed E-state index contributed by atoms with van der Waals surface area (Å²) in [6.07, 6.45) is 2.20. The number of amides is 6. The zero-order chi connectivity index (χ0) is 53.1. The van der Waals surface area contributed by atoms with Crippen LogP contribution in [0.5, 0.6) is 0 Å². The monoisotopic (exact) mass is 1170 g/mol. The number of halogens is 6. The number of carbonyl (C=O) groups excluding carboxylic acids is 6. The predicted octanol–water partition coefficient (Wildman–Crippen LogP) is 8.90. The minimum Gasteiger partial charge on any atom is -0.395 e. The normalized spacial score (nSPS) is 12.4. The average Bonchev–Trinajstić information content (AvgIpc) is 3.78. The highest BCUT2D eigenvalue weighted by atomic mass is 35.5. The van der Waals surface area contributed by atoms with Crippen molar-refractivity contribution in [2.75, 3.05) is 40.4 Å². The highest BCUT2D eigenvalue weighted by molar-refractivity contribution is 7.59. The third-order valence-corrected chi connectivity index (χ3v) is 12.4. The van der Waals surface area contributed by atoms with Gasteiger partial charge in [-0.3, -0.25) is 43.9 Å². The van der Waals surface area contributed by atoms with E-state index in [1.807, 2.05) is 0 Å². The number of non-ortho nitro benzene ring substituents is 1. The molecule has 0 aliphatic carbocycles. The second kappa shape index (κ2) is 34.8. The summed E-state index contributed by atoms with van der Waals surface area (Å²) in [6, 6.07) is 26.6. The first-order valence-electron chi connectivity index (χ1n) is 22.2. The van der Waals surface area contributed by atoms with Gasteiger partial charge in [0.2, 0.25) is 0 Å². The van der Waals surface area contributed by atoms with E-state index in [0.717, 1.165) is 6.42 Å². The van der Waals surface area contributed by atoms with Crippen molar-refractivity contribution in [2.45, 2.75) is 58.3 Å². The number of imide groups is 2. The summed E-state index contributed by atoms with van der Waals surface area (Å²) >= 11 is 16.6. The number of hydrogen-bond donors (Lipinski definition) is 5. The zero-order valence-corrected chi connectivity index (χ0v) is 45.5. The standard InChI is InChI=1S/C22H23ClFN3O4.C14H18N2O3.C7H7ClFN.C7H4ClNO3.CH4.ClH.2H2S/c1-26(22(31)25-12-14-6-4-10-18(24)19(14)23)15(13-28)7-5-11-27-20(29)16-8-2-3-9-17(16)21(27)30;1-15-10(9-17)5-4-8-16-13(18)11-6-2-3-7-12(11)14(16)19;8-7-5(4-10)2-1-3-6(7)9;8-7(10)5-1-3-6(4-2-5)9(11)12;;;;/h2-4,6,8-10,15,28H,5,7,11-13H2,1H3,(H,25,31);2-3,6-7,10,15,17H,4-5,8-9H2,1H3;1-3H,4,10H2;1-4H;1H4;1H;2*1H2/t15-;10-;;;;;;/m00....../s1. The van der Waals surface area contributed by atoms with Gasteiger partial charge in [-0.2, -0.15) is 27.0 Å². The van der Waals surface area contributed by atoms with E-state index in [9.17, 15) is 52.8 Å². The molecule has 2 aliphatic rings. The molecule has 5 aromatic carbocycles. The number of rotatable bonds is 17. The Kier molecular flexibility index (Phi) is 32.2. The number of urea groups is 1. The Hall–Kier alpha value is -5.72. The number of carbonyl (C=O) groups is 6. The number of aliphatic hydroxyl groups is 2. The minimum atomic E-state index is -0.620. The number of nitrogens with one attached hydrogen (secondary N) is 2. The summed E-state index contributed by atoms with van der Waals surface area (Å²) in [5.74, 6) is -2.08. The molecule has 76 heavy (non-hydrogen) atoms. The van der Waals surface area contributed by atoms with Gasteiger partial charge < -0.3 is 31.5 Å². The molecule has 5 aromatic rings. The number of likely N-dealkylation sites (N-methyl/N-ethyl adjacent to an activating group) is 2. The van der Waals surface area contributed by atoms with E-state index in [-0.39, 0.29) is 131 Å². The van der Waals surface area contributed by atoms with E-state index >= 15 is 0 Å². The van der Waals surface area contributed by atoms with Gasteiger partial charge in [-0.25, -0.2) is 13.6 Å². The molecule has 0 saturated carbocycles. The van der Waals surface area contributed by atoms with Crippen LogP contribution in [-0.2, 0) is 13.1 Å². The van der Waals surface area contributed by atoms with Crippen LogP contribution in [0.3, 0.4) is 0 Å². The van der Waals surface area contributed by atoms with E-state index in [0.29, 0.717) is 59.2 Å². The molecule has 0 saturated heterocycles. The summed E-state index contributed by atoms with van der Waals surface area (Å²) in [7, 11) is 3.31. The lowest BCUT2D eigenvalue weighted by molar-refractivity contribution is -0.384. The Morgan fingerprint density at radius 1 is 0.711 bits per heavy atom. The molecule has 17 nitrogen and oxygen atoms in total. The van der Waals surface area contributed by atoms with Gasteiger partial charge in [0, 0.05) is 57.0 Å². The van der Waals surface area contributed by atoms with Crippen molar-refractivity contribution in [3.8, 4) is 0 Å². The lowest BCUT2D eigenvalue weighted by atomic mass is 10.1. The number of nitrogens with zero attached hydrogens (tertiary/aromatic N) is 4. The van der Waals surface area contributed by atoms with Crippen molar-refractivity contribution in [3.05, 3.63) is 180 Å². The fourth-order valence-electron chi connectivity index (χ4n) is 7.17. The van der Waals surface area contributed by atoms with E-state index < -0.39 is 33.9 Å². The maximum Gasteiger partial charge on any atom is 0.317 e. The lowest BCUT2D eigenvalue weighted by Gasteiger charge is -2.27. The number of benzene rings is 5. The summed E-state index contributed by atoms with van der Waals surface area (Å²) in [5.41, 5.74) is 8.29. The van der Waals surface area contributed by atoms with Crippen LogP contribution in [0, 0.1) is 21.7 Å². The molecule has 2 atom stereocenters. The van der Waals surface area contributed by atoms with E-state index in [2.05, 4.69) is 10.6 Å². The molecule has 0 spiro atoms. The van der Waals surface area contributed by atoms with Gasteiger partial charge in [0.25, 0.3) is 34.6 Å². The van der Waals surface area contributed by atoms with Crippen LogP contribution in [0.1, 0.15) is 96.0 Å². The number of hydrogen-bond acceptors (Lipinski definition) is 12. The van der Waals surface area contributed by atoms with E-state index in [4.69, 9.17) is 45.6 Å². The summed E-state index contributed by atoms with van der Waals surface area (Å²) < 4.78 is 26.1. The average molecular weight is 1180 g/mol. The van der Waals surface area contributed by atoms with Crippen molar-refractivity contribution >= 4 is 115 Å². The van der Waals surface area contributed by atoms with Gasteiger partial charge in [-0.15, -0.1) is 12.4 Å². The van der Waals surface area contributed by atoms with E-state index in [1.165, 1.54) is 64.2 Å². The number of nitro groups is 1. The second-order valence-electron chi connectivity index (χ2n) is 15.9. The minimum absolute atomic E-state index is 0. The molecule has 0 radical (unpaired) electrons. The Balaban J connectivity index is 0.00000107. The molecule has 7 rings (SSSR count). The number of fused-ring (bicyclic) bond motifs is 2. The van der Waals surface area contributed by atoms with Gasteiger partial charge in [0.05, 0.1) is 56.5 Å². The number of nitrogens with two attached hydrogens (primary N) is 1. The Bertz CT molecular complexity index is 2650. The molecule has 2 aliphatic heterocycles. The largest absolute Gasteiger partial charge is 0.395 e. The number of aliphatic hydroxyl groups excluding tert-OH is 2. The Labute approximate surface area is 474 Å². The first-order valence-corrected chi connectivity index (χ1v) is 23.3. The maximum absolute atomic E-state index is 13.5. The van der Waals surface area contributed by atoms with Crippen molar-refractivity contribution in [1.82, 2.24) is 25.3 Å². The van der Waals surface area contributed by atoms with Crippen molar-refractivity contribution in [2.24, 2.45) is 5.73 Å². The molecule has 6 amide bonds. The molecule has 6 N–H and O–H groups in total. The molecule has 25 heteroatoms. The first-order chi connectivity index (χ1) is 34.4. The summed E-state index contributed by atoms with van der Waals surface area (Å²) in [5, 5.41) is 34.0. The Morgan fingerprint density at radius 2 is 1.13 bits per heavy atom. The summed E-state index contributed by atoms with van der Waals surface area (Å²) in [6.45, 7) is 0.663. The van der Waals surface area contributed by atoms with Crippen molar-refractivity contribution in [1.29, 1.82) is 0 Å². The topological polar surface area (TPSA) is 246 Å². The fraction of sp³-hybridized carbons (Fsp3) is 0.294. The van der Waals surface area contributed by atoms with Crippen LogP contribution < -0.4 is 16.4 Å². The predicted molar refractivity (Wildman–Crippen MR) is 302 cm³/mol. The van der Waals surface area contributed by atoms with Crippen LogP contribution in [0.4, 0.5) is 19.3 Å². The molecule has 0 fully saturated rings. The van der Waals surface area contributed by atoms with Gasteiger partial charge in [-0.1, -0.05) is 79.2 Å². The van der Waals surface area contributed by atoms with Crippen LogP contribution in [0.2, 0.25) is 10.0 Å². The van der Waals surface area contributed by atoms with Gasteiger partial charge >= 0.3 is 6.03 Å². The molecule has 0 unspecified atom stereocenters. The maximum atomic E-state index is 13.5. The Morgan fingerprint density at radius 3 is 1.50 bits per heavy atom. The molecule has 0 bridgehead atoms. The number of nitro benzene ring substituents is 1. The van der Waals surface area contributed by atoms with Crippen LogP contribution >= 0.6 is 74.2 Å². The van der Waals surface area contributed by atoms with Gasteiger partial charge in [0.1, 0.15) is 11.6 Å². The summed E-state index contributed by atoms with van der Waals surface area (Å²) in [4.78, 5) is 85.3. The quantitative estimate of drug-likeness (QED) is 0.0254. The van der Waals surface area contributed by atoms with Crippen molar-refractivity contribution < 1.29 is 52.7 Å². The molecular formula is C51H61Cl4F2N7O10S2. The fourth-order valence-corrected chi connectivity index (χ4v) is 7.69. The highest BCUT2D eigenvalue weighted by Crippen LogP contribution is 2.25. The molecular weight excluding hydrogens is 1110 g/mol. The van der Waals surface area contributed by atoms with Gasteiger partial charge in [-0.05, 0) is 104 Å². The SMILES string of the molecule is C.CN(C(=O)NCc1cccc(F)c1Cl)[C@H](CO)CCCN1C(=O)c2ccccc2C1=O.CN[C@H](CO)CCCN1C(=O)c2ccccc2C1=O.Cl.NCc1cccc(F)c1Cl.O=C(Cl)c1ccc([N+](=O)[O-])cc1.S.S. The third-order valence-electron chi connectivity index (χ3n) is 11.3. The van der Waals surface area contributed by atoms with Crippen LogP contribution in [-0.4, -0.2) is 117 Å². The zero-order valence-electron chi connectivity index (χ0n) is 40.4. The van der Waals surface area contributed by atoms with Crippen molar-refractivity contribution in [3.63, 3.8) is 0 Å². The van der Waals surface area contributed by atoms with Crippen LogP contribution in [0.25, 0.3) is 0 Å².